The summed E-state index contributed by atoms with van der Waals surface area (Å²) in [7, 11) is -4.07. The van der Waals surface area contributed by atoms with Crippen molar-refractivity contribution >= 4 is 7.60 Å². The third-order valence-corrected chi connectivity index (χ3v) is 1.30. The van der Waals surface area contributed by atoms with Gasteiger partial charge in [0.2, 0.25) is 0 Å². The van der Waals surface area contributed by atoms with E-state index >= 15 is 0 Å². The molecule has 5 heteroatoms. The van der Waals surface area contributed by atoms with Gasteiger partial charge >= 0.3 is 7.60 Å². The van der Waals surface area contributed by atoms with E-state index in [1.807, 2.05) is 0 Å². The van der Waals surface area contributed by atoms with Crippen molar-refractivity contribution in [1.29, 1.82) is 0 Å². The third kappa shape index (κ3) is 2.76. The average molecular weight is 124 g/mol. The molecule has 0 amide bonds. The maximum Gasteiger partial charge on any atom is 0.342 e. The molecule has 43 valence electrons. The zero-order valence-electron chi connectivity index (χ0n) is 3.61. The van der Waals surface area contributed by atoms with Crippen LogP contribution in [0.1, 0.15) is 0 Å². The number of nitrogens with two attached hydrogens (primary N) is 1. The van der Waals surface area contributed by atoms with Crippen LogP contribution in [0.5, 0.6) is 0 Å². The molecule has 0 aliphatic heterocycles. The van der Waals surface area contributed by atoms with E-state index in [0.717, 1.165) is 0 Å². The minimum absolute atomic E-state index is 1.28. The highest BCUT2D eigenvalue weighted by atomic mass is 31.2. The van der Waals surface area contributed by atoms with Crippen molar-refractivity contribution in [2.75, 3.05) is 0 Å². The van der Waals surface area contributed by atoms with Crippen LogP contribution in [-0.4, -0.2) is 15.6 Å². The van der Waals surface area contributed by atoms with E-state index in [9.17, 15) is 4.57 Å². The Morgan fingerprint density at radius 2 is 1.86 bits per heavy atom. The quantitative estimate of drug-likeness (QED) is 0.403. The maximum absolute atomic E-state index is 9.84. The first-order chi connectivity index (χ1) is 2.94. The number of hydrogen-bond donors (Lipinski definition) is 3. The summed E-state index contributed by atoms with van der Waals surface area (Å²) in [5.41, 5.74) is 4.70. The van der Waals surface area contributed by atoms with Crippen molar-refractivity contribution < 1.29 is 14.4 Å². The van der Waals surface area contributed by atoms with Gasteiger partial charge in [0.05, 0.1) is 0 Å². The molecule has 1 radical (unpaired) electrons. The minimum atomic E-state index is -4.07. The molecule has 0 aliphatic carbocycles. The van der Waals surface area contributed by atoms with Gasteiger partial charge in [0.15, 0.2) is 0 Å². The molecule has 4 nitrogen and oxygen atoms in total. The molecule has 0 spiro atoms. The molecule has 0 aromatic carbocycles. The molecular formula is C2H7NO3P. The van der Waals surface area contributed by atoms with E-state index in [1.54, 1.807) is 0 Å². The van der Waals surface area contributed by atoms with Crippen molar-refractivity contribution in [3.05, 3.63) is 6.92 Å². The Morgan fingerprint density at radius 1 is 1.71 bits per heavy atom. The van der Waals surface area contributed by atoms with Gasteiger partial charge in [-0.25, -0.2) is 0 Å². The van der Waals surface area contributed by atoms with Crippen molar-refractivity contribution in [2.24, 2.45) is 5.73 Å². The molecule has 1 unspecified atom stereocenters. The van der Waals surface area contributed by atoms with Gasteiger partial charge in [-0.15, -0.1) is 0 Å². The second-order valence-electron chi connectivity index (χ2n) is 1.16. The zero-order chi connectivity index (χ0) is 6.08. The summed E-state index contributed by atoms with van der Waals surface area (Å²) in [5, 5.41) is 0. The maximum atomic E-state index is 9.84. The molecular weight excluding hydrogens is 117 g/mol. The fourth-order valence-corrected chi connectivity index (χ4v) is 0. The first-order valence-electron chi connectivity index (χ1n) is 1.58. The lowest BCUT2D eigenvalue weighted by Gasteiger charge is -2.04. The van der Waals surface area contributed by atoms with Gasteiger partial charge in [0.25, 0.3) is 0 Å². The largest absolute Gasteiger partial charge is 0.342 e. The Hall–Kier alpha value is 0.110. The topological polar surface area (TPSA) is 83.6 Å². The highest BCUT2D eigenvalue weighted by molar-refractivity contribution is 7.52. The molecule has 0 aromatic rings. The van der Waals surface area contributed by atoms with Crippen LogP contribution in [0.3, 0.4) is 0 Å². The molecule has 1 atom stereocenters. The van der Waals surface area contributed by atoms with Gasteiger partial charge in [-0.2, -0.15) is 0 Å². The van der Waals surface area contributed by atoms with Crippen LogP contribution in [0.4, 0.5) is 0 Å². The van der Waals surface area contributed by atoms with Gasteiger partial charge in [0, 0.05) is 0 Å². The van der Waals surface area contributed by atoms with Crippen LogP contribution >= 0.6 is 7.60 Å². The van der Waals surface area contributed by atoms with E-state index in [0.29, 0.717) is 0 Å². The molecule has 0 saturated carbocycles. The Bertz CT molecular complexity index is 95.1. The molecule has 0 fully saturated rings. The van der Waals surface area contributed by atoms with Crippen LogP contribution in [-0.2, 0) is 4.57 Å². The smallest absolute Gasteiger partial charge is 0.323 e. The summed E-state index contributed by atoms with van der Waals surface area (Å²) in [6.45, 7) is 2.92. The van der Waals surface area contributed by atoms with E-state index in [-0.39, 0.29) is 0 Å². The fraction of sp³-hybridized carbons (Fsp3) is 0.500. The Labute approximate surface area is 41.5 Å². The zero-order valence-corrected chi connectivity index (χ0v) is 4.51. The van der Waals surface area contributed by atoms with Gasteiger partial charge in [-0.05, 0) is 6.92 Å². The SMILES string of the molecule is [CH2]C(N)P(=O)(O)O. The predicted octanol–water partition coefficient (Wildman–Crippen LogP) is -0.717. The van der Waals surface area contributed by atoms with Gasteiger partial charge in [-0.1, -0.05) is 0 Å². The van der Waals surface area contributed by atoms with Crippen LogP contribution in [0.2, 0.25) is 0 Å². The molecule has 4 N–H and O–H groups in total. The van der Waals surface area contributed by atoms with E-state index in [2.05, 4.69) is 6.92 Å². The first-order valence-corrected chi connectivity index (χ1v) is 3.26. The summed E-state index contributed by atoms with van der Waals surface area (Å²) in [4.78, 5) is 16.0. The summed E-state index contributed by atoms with van der Waals surface area (Å²) in [6, 6.07) is 0. The molecule has 0 aliphatic rings. The average Bonchev–Trinajstić information content (AvgIpc) is 1.31. The highest BCUT2D eigenvalue weighted by Gasteiger charge is 2.18. The van der Waals surface area contributed by atoms with E-state index in [1.165, 1.54) is 0 Å². The molecule has 0 rings (SSSR count). The van der Waals surface area contributed by atoms with Crippen LogP contribution in [0.25, 0.3) is 0 Å². The third-order valence-electron chi connectivity index (χ3n) is 0.432. The summed E-state index contributed by atoms with van der Waals surface area (Å²) < 4.78 is 9.84. The fourth-order valence-electron chi connectivity index (χ4n) is 0. The predicted molar refractivity (Wildman–Crippen MR) is 25.4 cm³/mol. The van der Waals surface area contributed by atoms with E-state index in [4.69, 9.17) is 15.5 Å². The minimum Gasteiger partial charge on any atom is -0.323 e. The highest BCUT2D eigenvalue weighted by Crippen LogP contribution is 2.36. The molecule has 0 bridgehead atoms. The Morgan fingerprint density at radius 3 is 1.86 bits per heavy atom. The summed E-state index contributed by atoms with van der Waals surface area (Å²) in [6.07, 6.45) is 0. The molecule has 7 heavy (non-hydrogen) atoms. The lowest BCUT2D eigenvalue weighted by atomic mass is 10.8. The monoisotopic (exact) mass is 124 g/mol. The normalized spacial score (nSPS) is 16.6. The van der Waals surface area contributed by atoms with Gasteiger partial charge < -0.3 is 15.5 Å². The lowest BCUT2D eigenvalue weighted by Crippen LogP contribution is -2.14. The Kier molecular flexibility index (Phi) is 1.95. The second kappa shape index (κ2) is 1.92. The van der Waals surface area contributed by atoms with Crippen LogP contribution < -0.4 is 5.73 Å². The van der Waals surface area contributed by atoms with Gasteiger partial charge in [0.1, 0.15) is 5.78 Å². The number of hydrogen-bond acceptors (Lipinski definition) is 2. The van der Waals surface area contributed by atoms with Crippen molar-refractivity contribution in [2.45, 2.75) is 5.78 Å². The van der Waals surface area contributed by atoms with Crippen LogP contribution in [0.15, 0.2) is 0 Å². The Balaban J connectivity index is 3.80. The standard InChI is InChI=1S/C2H7NO3P/c1-2(3)7(4,5)6/h2H,1,3H2,(H2,4,5,6). The summed E-state index contributed by atoms with van der Waals surface area (Å²) >= 11 is 0. The first kappa shape index (κ1) is 7.11. The van der Waals surface area contributed by atoms with Crippen molar-refractivity contribution in [3.63, 3.8) is 0 Å². The second-order valence-corrected chi connectivity index (χ2v) is 3.00. The molecule has 0 aromatic heterocycles. The van der Waals surface area contributed by atoms with E-state index < -0.39 is 13.4 Å². The van der Waals surface area contributed by atoms with Crippen molar-refractivity contribution in [3.8, 4) is 0 Å². The van der Waals surface area contributed by atoms with Crippen LogP contribution in [0, 0.1) is 6.92 Å². The van der Waals surface area contributed by atoms with Crippen molar-refractivity contribution in [1.82, 2.24) is 0 Å². The molecule has 0 heterocycles. The molecule has 0 saturated heterocycles. The number of rotatable bonds is 1. The summed E-state index contributed by atoms with van der Waals surface area (Å²) in [5.74, 6) is -1.28. The van der Waals surface area contributed by atoms with Gasteiger partial charge in [-0.3, -0.25) is 4.57 Å². The lowest BCUT2D eigenvalue weighted by molar-refractivity contribution is 0.365.